The Balaban J connectivity index is 1.53. The zero-order valence-corrected chi connectivity index (χ0v) is 24.9. The topological polar surface area (TPSA) is 169 Å². The number of esters is 1. The highest BCUT2D eigenvalue weighted by Gasteiger charge is 2.51. The second kappa shape index (κ2) is 14.1. The van der Waals surface area contributed by atoms with Crippen LogP contribution >= 0.6 is 0 Å². The Kier molecular flexibility index (Phi) is 10.0. The van der Waals surface area contributed by atoms with E-state index in [1.165, 1.54) is 10.9 Å². The predicted octanol–water partition coefficient (Wildman–Crippen LogP) is 3.12. The van der Waals surface area contributed by atoms with E-state index in [1.54, 1.807) is 6.92 Å². The summed E-state index contributed by atoms with van der Waals surface area (Å²) >= 11 is 0. The minimum absolute atomic E-state index is 0.0589. The first kappa shape index (κ1) is 32.6. The molecule has 0 unspecified atom stereocenters. The molecule has 1 fully saturated rings. The molecule has 2 heterocycles. The number of ether oxygens (including phenoxy) is 1. The average Bonchev–Trinajstić information content (AvgIpc) is 3.61. The van der Waals surface area contributed by atoms with E-state index in [-0.39, 0.29) is 36.9 Å². The maximum atomic E-state index is 13.2. The number of fused-ring (bicyclic) bond motifs is 1. The fourth-order valence-electron chi connectivity index (χ4n) is 5.60. The summed E-state index contributed by atoms with van der Waals surface area (Å²) in [5.41, 5.74) is 8.33. The Morgan fingerprint density at radius 1 is 1.07 bits per heavy atom. The molecule has 4 aromatic rings. The van der Waals surface area contributed by atoms with Crippen LogP contribution in [0.1, 0.15) is 42.9 Å². The van der Waals surface area contributed by atoms with Crippen LogP contribution in [-0.2, 0) is 14.3 Å². The Bertz CT molecular complexity index is 1600. The molecule has 0 radical (unpaired) electrons. The molecule has 0 aliphatic heterocycles. The van der Waals surface area contributed by atoms with Crippen molar-refractivity contribution in [3.05, 3.63) is 78.1 Å². The lowest BCUT2D eigenvalue weighted by Crippen LogP contribution is -2.45. The molecule has 1 aliphatic carbocycles. The van der Waals surface area contributed by atoms with Crippen molar-refractivity contribution >= 4 is 34.8 Å². The Labute approximate surface area is 262 Å². The van der Waals surface area contributed by atoms with E-state index in [1.807, 2.05) is 60.7 Å². The number of nitrogens with one attached hydrogen (secondary N) is 3. The van der Waals surface area contributed by atoms with E-state index >= 15 is 0 Å². The van der Waals surface area contributed by atoms with Crippen LogP contribution in [-0.4, -0.2) is 80.6 Å². The van der Waals surface area contributed by atoms with Gasteiger partial charge in [-0.1, -0.05) is 67.6 Å². The van der Waals surface area contributed by atoms with Crippen molar-refractivity contribution in [2.24, 2.45) is 5.73 Å². The number of carbonyl (C=O) groups is 2. The summed E-state index contributed by atoms with van der Waals surface area (Å²) in [6, 6.07) is 17.8. The number of aromatic nitrogens is 4. The highest BCUT2D eigenvalue weighted by Crippen LogP contribution is 2.37. The van der Waals surface area contributed by atoms with E-state index < -0.39 is 42.3 Å². The second-order valence-electron chi connectivity index (χ2n) is 10.9. The number of aliphatic hydroxyl groups excluding tert-OH is 1. The Morgan fingerprint density at radius 2 is 1.72 bits per heavy atom. The van der Waals surface area contributed by atoms with E-state index in [0.717, 1.165) is 11.1 Å². The minimum atomic E-state index is -5.29. The van der Waals surface area contributed by atoms with Gasteiger partial charge in [0, 0.05) is 32.0 Å². The number of imidazole rings is 1. The van der Waals surface area contributed by atoms with E-state index in [9.17, 15) is 27.9 Å². The van der Waals surface area contributed by atoms with Crippen molar-refractivity contribution in [2.75, 3.05) is 30.3 Å². The van der Waals surface area contributed by atoms with Gasteiger partial charge in [-0.15, -0.1) is 0 Å². The molecule has 15 heteroatoms. The van der Waals surface area contributed by atoms with E-state index in [4.69, 9.17) is 10.5 Å². The summed E-state index contributed by atoms with van der Waals surface area (Å²) in [6.45, 7) is 2.61. The lowest BCUT2D eigenvalue weighted by Gasteiger charge is -2.24. The number of halogens is 3. The summed E-state index contributed by atoms with van der Waals surface area (Å²) in [5.74, 6) is -2.43. The SMILES string of the molecule is CCC(=O)N[C@H]1C[C@@H](n2cnc3c(NCC(c4ccccc4)c4ccccc4)nc(NCCN)nc32)[C@H](OC(=O)C(F)(F)F)[C@@H]1O. The lowest BCUT2D eigenvalue weighted by molar-refractivity contribution is -0.209. The van der Waals surface area contributed by atoms with Crippen molar-refractivity contribution in [3.8, 4) is 0 Å². The molecule has 1 aliphatic rings. The molecule has 244 valence electrons. The first-order valence-electron chi connectivity index (χ1n) is 14.9. The number of aliphatic hydroxyl groups is 1. The van der Waals surface area contributed by atoms with Crippen molar-refractivity contribution in [2.45, 2.75) is 56.2 Å². The predicted molar refractivity (Wildman–Crippen MR) is 164 cm³/mol. The number of alkyl halides is 3. The molecule has 2 aromatic carbocycles. The van der Waals surface area contributed by atoms with Crippen LogP contribution < -0.4 is 21.7 Å². The maximum Gasteiger partial charge on any atom is 0.490 e. The number of rotatable bonds is 12. The van der Waals surface area contributed by atoms with Gasteiger partial charge in [-0.25, -0.2) is 9.78 Å². The molecule has 46 heavy (non-hydrogen) atoms. The Morgan fingerprint density at radius 3 is 2.30 bits per heavy atom. The van der Waals surface area contributed by atoms with Crippen LogP contribution in [0.5, 0.6) is 0 Å². The molecule has 6 N–H and O–H groups in total. The highest BCUT2D eigenvalue weighted by atomic mass is 19.4. The molecular formula is C31H35F3N8O4. The van der Waals surface area contributed by atoms with Gasteiger partial charge < -0.3 is 36.1 Å². The van der Waals surface area contributed by atoms with Crippen LogP contribution in [0.25, 0.3) is 11.2 Å². The van der Waals surface area contributed by atoms with E-state index in [0.29, 0.717) is 24.4 Å². The molecule has 0 bridgehead atoms. The molecule has 0 spiro atoms. The normalized spacial score (nSPS) is 19.7. The molecular weight excluding hydrogens is 605 g/mol. The van der Waals surface area contributed by atoms with Crippen molar-refractivity contribution in [3.63, 3.8) is 0 Å². The molecule has 12 nitrogen and oxygen atoms in total. The third-order valence-electron chi connectivity index (χ3n) is 7.85. The van der Waals surface area contributed by atoms with Crippen molar-refractivity contribution in [1.82, 2.24) is 24.8 Å². The van der Waals surface area contributed by atoms with Gasteiger partial charge in [-0.2, -0.15) is 23.1 Å². The smallest absolute Gasteiger partial charge is 0.451 e. The number of hydrogen-bond donors (Lipinski definition) is 5. The molecule has 4 atom stereocenters. The van der Waals surface area contributed by atoms with Gasteiger partial charge >= 0.3 is 12.1 Å². The zero-order valence-electron chi connectivity index (χ0n) is 24.9. The van der Waals surface area contributed by atoms with Crippen molar-refractivity contribution in [1.29, 1.82) is 0 Å². The van der Waals surface area contributed by atoms with Crippen LogP contribution in [0, 0.1) is 0 Å². The summed E-state index contributed by atoms with van der Waals surface area (Å²) in [5, 5.41) is 20.0. The quantitative estimate of drug-likeness (QED) is 0.145. The number of nitrogens with two attached hydrogens (primary N) is 1. The third-order valence-corrected chi connectivity index (χ3v) is 7.85. The van der Waals surface area contributed by atoms with Gasteiger partial charge in [-0.3, -0.25) is 4.79 Å². The number of hydrogen-bond acceptors (Lipinski definition) is 10. The number of carbonyl (C=O) groups excluding carboxylic acids is 2. The molecule has 1 saturated carbocycles. The van der Waals surface area contributed by atoms with Gasteiger partial charge in [0.25, 0.3) is 0 Å². The first-order chi connectivity index (χ1) is 22.1. The van der Waals surface area contributed by atoms with Crippen molar-refractivity contribution < 1.29 is 32.6 Å². The van der Waals surface area contributed by atoms with Crippen LogP contribution in [0.15, 0.2) is 67.0 Å². The number of anilines is 2. The summed E-state index contributed by atoms with van der Waals surface area (Å²) < 4.78 is 46.0. The fraction of sp³-hybridized carbons (Fsp3) is 0.387. The minimum Gasteiger partial charge on any atom is -0.451 e. The van der Waals surface area contributed by atoms with Gasteiger partial charge in [0.15, 0.2) is 23.1 Å². The lowest BCUT2D eigenvalue weighted by atomic mass is 9.91. The number of nitrogens with zero attached hydrogens (tertiary/aromatic N) is 4. The molecule has 1 amide bonds. The van der Waals surface area contributed by atoms with E-state index in [2.05, 4.69) is 30.9 Å². The number of amides is 1. The highest BCUT2D eigenvalue weighted by molar-refractivity contribution is 5.84. The standard InChI is InChI=1S/C31H35F3N8O4/c1-2-23(43)39-21-15-22(26(25(21)44)46-29(45)31(32,33)34)42-17-38-24-27(40-30(36-14-13-35)41-28(24)42)37-16-20(18-9-5-3-6-10-18)19-11-7-4-8-12-19/h3-12,17,20-22,25-26,44H,2,13-16,35H2,1H3,(H,39,43)(H2,36,37,40,41)/t21-,22+,25+,26-/m0/s1. The summed E-state index contributed by atoms with van der Waals surface area (Å²) in [6.07, 6.45) is -7.22. The van der Waals surface area contributed by atoms with Crippen LogP contribution in [0.3, 0.4) is 0 Å². The summed E-state index contributed by atoms with van der Waals surface area (Å²) in [4.78, 5) is 37.7. The zero-order chi connectivity index (χ0) is 32.8. The fourth-order valence-corrected chi connectivity index (χ4v) is 5.60. The third kappa shape index (κ3) is 7.21. The van der Waals surface area contributed by atoms with Crippen LogP contribution in [0.4, 0.5) is 24.9 Å². The van der Waals surface area contributed by atoms with Gasteiger partial charge in [0.2, 0.25) is 11.9 Å². The van der Waals surface area contributed by atoms with Gasteiger partial charge in [0.05, 0.1) is 18.4 Å². The largest absolute Gasteiger partial charge is 0.490 e. The second-order valence-corrected chi connectivity index (χ2v) is 10.9. The molecule has 0 saturated heterocycles. The maximum absolute atomic E-state index is 13.2. The number of benzene rings is 2. The monoisotopic (exact) mass is 640 g/mol. The Hall–Kier alpha value is -4.76. The average molecular weight is 641 g/mol. The first-order valence-corrected chi connectivity index (χ1v) is 14.9. The van der Waals surface area contributed by atoms with Crippen LogP contribution in [0.2, 0.25) is 0 Å². The molecule has 5 rings (SSSR count). The molecule has 2 aromatic heterocycles. The van der Waals surface area contributed by atoms with Gasteiger partial charge in [0.1, 0.15) is 6.10 Å². The summed E-state index contributed by atoms with van der Waals surface area (Å²) in [7, 11) is 0. The van der Waals surface area contributed by atoms with Gasteiger partial charge in [-0.05, 0) is 17.5 Å².